The Morgan fingerprint density at radius 1 is 1.36 bits per heavy atom. The maximum Gasteiger partial charge on any atom is 0.243 e. The van der Waals surface area contributed by atoms with Crippen molar-refractivity contribution in [3.05, 3.63) is 33.4 Å². The maximum atomic E-state index is 12.0. The Kier molecular flexibility index (Phi) is 6.16. The zero-order valence-electron chi connectivity index (χ0n) is 12.3. The van der Waals surface area contributed by atoms with Gasteiger partial charge in [-0.25, -0.2) is 0 Å². The Hall–Kier alpha value is -1.19. The van der Waals surface area contributed by atoms with E-state index in [1.807, 2.05) is 24.3 Å². The topological polar surface area (TPSA) is 101 Å². The van der Waals surface area contributed by atoms with Crippen molar-refractivity contribution in [2.24, 2.45) is 11.5 Å². The minimum Gasteiger partial charge on any atom is -0.346 e. The van der Waals surface area contributed by atoms with Crippen molar-refractivity contribution < 1.29 is 9.59 Å². The monoisotopic (exact) mass is 416 g/mol. The van der Waals surface area contributed by atoms with Crippen LogP contribution in [-0.4, -0.2) is 42.0 Å². The van der Waals surface area contributed by atoms with Gasteiger partial charge in [0.2, 0.25) is 11.8 Å². The number of hydrogen-bond donors (Lipinski definition) is 3. The predicted octanol–water partition coefficient (Wildman–Crippen LogP) is 0.184. The van der Waals surface area contributed by atoms with E-state index in [1.54, 1.807) is 4.90 Å². The number of hydrogen-bond acceptors (Lipinski definition) is 4. The molecule has 6 nitrogen and oxygen atoms in total. The van der Waals surface area contributed by atoms with Crippen LogP contribution in [-0.2, 0) is 16.0 Å². The Bertz CT molecular complexity index is 535. The van der Waals surface area contributed by atoms with Gasteiger partial charge in [0.15, 0.2) is 0 Å². The largest absolute Gasteiger partial charge is 0.346 e. The van der Waals surface area contributed by atoms with Crippen LogP contribution < -0.4 is 16.8 Å². The van der Waals surface area contributed by atoms with Crippen LogP contribution in [0.15, 0.2) is 24.3 Å². The van der Waals surface area contributed by atoms with E-state index in [0.717, 1.165) is 22.0 Å². The van der Waals surface area contributed by atoms with Gasteiger partial charge in [-0.15, -0.1) is 0 Å². The number of rotatable bonds is 5. The smallest absolute Gasteiger partial charge is 0.243 e. The molecule has 2 atom stereocenters. The first-order valence-electron chi connectivity index (χ1n) is 7.30. The van der Waals surface area contributed by atoms with Crippen molar-refractivity contribution in [1.82, 2.24) is 10.2 Å². The van der Waals surface area contributed by atoms with Crippen LogP contribution in [0, 0.1) is 3.57 Å². The van der Waals surface area contributed by atoms with Crippen molar-refractivity contribution in [3.63, 3.8) is 0 Å². The Labute approximate surface area is 143 Å². The van der Waals surface area contributed by atoms with Crippen LogP contribution in [0.25, 0.3) is 0 Å². The molecule has 22 heavy (non-hydrogen) atoms. The molecule has 0 aliphatic carbocycles. The molecule has 120 valence electrons. The van der Waals surface area contributed by atoms with Gasteiger partial charge in [-0.1, -0.05) is 12.1 Å². The van der Waals surface area contributed by atoms with Gasteiger partial charge in [-0.3, -0.25) is 9.59 Å². The van der Waals surface area contributed by atoms with Crippen LogP contribution in [0.1, 0.15) is 18.4 Å². The van der Waals surface area contributed by atoms with Crippen LogP contribution in [0.3, 0.4) is 0 Å². The summed E-state index contributed by atoms with van der Waals surface area (Å²) >= 11 is 2.22. The lowest BCUT2D eigenvalue weighted by molar-refractivity contribution is -0.133. The highest BCUT2D eigenvalue weighted by molar-refractivity contribution is 14.1. The molecule has 1 heterocycles. The SMILES string of the molecule is NC(Cc1ccc(I)cc1)C(=O)NCC(=O)N1CCCC1N. The third-order valence-electron chi connectivity index (χ3n) is 3.74. The van der Waals surface area contributed by atoms with Crippen LogP contribution >= 0.6 is 22.6 Å². The molecule has 2 rings (SSSR count). The minimum absolute atomic E-state index is 0.0487. The van der Waals surface area contributed by atoms with E-state index in [-0.39, 0.29) is 24.5 Å². The molecule has 1 fully saturated rings. The number of benzene rings is 1. The average Bonchev–Trinajstić information content (AvgIpc) is 2.93. The number of nitrogens with two attached hydrogens (primary N) is 2. The van der Waals surface area contributed by atoms with E-state index < -0.39 is 6.04 Å². The summed E-state index contributed by atoms with van der Waals surface area (Å²) in [7, 11) is 0. The zero-order chi connectivity index (χ0) is 16.1. The first-order valence-corrected chi connectivity index (χ1v) is 8.38. The number of likely N-dealkylation sites (tertiary alicyclic amines) is 1. The molecule has 2 amide bonds. The van der Waals surface area contributed by atoms with Crippen molar-refractivity contribution in [3.8, 4) is 0 Å². The fourth-order valence-electron chi connectivity index (χ4n) is 2.46. The summed E-state index contributed by atoms with van der Waals surface area (Å²) in [5.74, 6) is -0.473. The number of carbonyl (C=O) groups excluding carboxylic acids is 2. The van der Waals surface area contributed by atoms with E-state index in [4.69, 9.17) is 11.5 Å². The van der Waals surface area contributed by atoms with Gasteiger partial charge >= 0.3 is 0 Å². The molecule has 1 aromatic carbocycles. The molecule has 2 unspecified atom stereocenters. The third-order valence-corrected chi connectivity index (χ3v) is 4.46. The molecule has 1 aliphatic heterocycles. The summed E-state index contributed by atoms with van der Waals surface area (Å²) < 4.78 is 1.13. The lowest BCUT2D eigenvalue weighted by Crippen LogP contribution is -2.49. The highest BCUT2D eigenvalue weighted by atomic mass is 127. The van der Waals surface area contributed by atoms with Gasteiger partial charge in [-0.2, -0.15) is 0 Å². The predicted molar refractivity (Wildman–Crippen MR) is 92.8 cm³/mol. The van der Waals surface area contributed by atoms with Crippen molar-refractivity contribution >= 4 is 34.4 Å². The summed E-state index contributed by atoms with van der Waals surface area (Å²) in [6, 6.07) is 7.17. The standard InChI is InChI=1S/C15H21IN4O2/c16-11-5-3-10(4-6-11)8-12(17)15(22)19-9-14(21)20-7-1-2-13(20)18/h3-6,12-13H,1-2,7-9,17-18H2,(H,19,22). The molecular formula is C15H21IN4O2. The normalized spacial score (nSPS) is 19.0. The Balaban J connectivity index is 1.78. The van der Waals surface area contributed by atoms with E-state index in [1.165, 1.54) is 0 Å². The van der Waals surface area contributed by atoms with Crippen LogP contribution in [0.2, 0.25) is 0 Å². The number of halogens is 1. The minimum atomic E-state index is -0.667. The highest BCUT2D eigenvalue weighted by Gasteiger charge is 2.26. The summed E-state index contributed by atoms with van der Waals surface area (Å²) in [6.07, 6.45) is 1.93. The van der Waals surface area contributed by atoms with Gasteiger partial charge in [-0.05, 0) is 59.5 Å². The summed E-state index contributed by atoms with van der Waals surface area (Å²) in [4.78, 5) is 25.5. The molecule has 0 aromatic heterocycles. The lowest BCUT2D eigenvalue weighted by Gasteiger charge is -2.21. The number of amides is 2. The van der Waals surface area contributed by atoms with Gasteiger partial charge in [0.1, 0.15) is 0 Å². The second-order valence-corrected chi connectivity index (χ2v) is 6.70. The molecule has 1 saturated heterocycles. The van der Waals surface area contributed by atoms with Crippen molar-refractivity contribution in [2.45, 2.75) is 31.5 Å². The van der Waals surface area contributed by atoms with E-state index in [0.29, 0.717) is 13.0 Å². The lowest BCUT2D eigenvalue weighted by atomic mass is 10.1. The second-order valence-electron chi connectivity index (χ2n) is 5.45. The molecular weight excluding hydrogens is 395 g/mol. The molecule has 1 aromatic rings. The number of nitrogens with zero attached hydrogens (tertiary/aromatic N) is 1. The second kappa shape index (κ2) is 7.89. The van der Waals surface area contributed by atoms with Crippen molar-refractivity contribution in [2.75, 3.05) is 13.1 Å². The fourth-order valence-corrected chi connectivity index (χ4v) is 2.82. The van der Waals surface area contributed by atoms with Gasteiger partial charge in [0, 0.05) is 10.1 Å². The summed E-state index contributed by atoms with van der Waals surface area (Å²) in [5, 5.41) is 2.60. The number of nitrogens with one attached hydrogen (secondary N) is 1. The van der Waals surface area contributed by atoms with E-state index >= 15 is 0 Å². The third kappa shape index (κ3) is 4.65. The van der Waals surface area contributed by atoms with E-state index in [2.05, 4.69) is 27.9 Å². The fraction of sp³-hybridized carbons (Fsp3) is 0.467. The van der Waals surface area contributed by atoms with Gasteiger partial charge < -0.3 is 21.7 Å². The molecule has 7 heteroatoms. The summed E-state index contributed by atoms with van der Waals surface area (Å²) in [5.41, 5.74) is 12.7. The molecule has 0 saturated carbocycles. The quantitative estimate of drug-likeness (QED) is 0.597. The molecule has 0 radical (unpaired) electrons. The van der Waals surface area contributed by atoms with Crippen LogP contribution in [0.4, 0.5) is 0 Å². The Morgan fingerprint density at radius 2 is 2.05 bits per heavy atom. The molecule has 0 spiro atoms. The Morgan fingerprint density at radius 3 is 2.64 bits per heavy atom. The molecule has 5 N–H and O–H groups in total. The van der Waals surface area contributed by atoms with E-state index in [9.17, 15) is 9.59 Å². The first kappa shape index (κ1) is 17.2. The number of carbonyl (C=O) groups is 2. The average molecular weight is 416 g/mol. The maximum absolute atomic E-state index is 12.0. The van der Waals surface area contributed by atoms with Crippen molar-refractivity contribution in [1.29, 1.82) is 0 Å². The highest BCUT2D eigenvalue weighted by Crippen LogP contribution is 2.12. The van der Waals surface area contributed by atoms with Gasteiger partial charge in [0.25, 0.3) is 0 Å². The molecule has 1 aliphatic rings. The van der Waals surface area contributed by atoms with Crippen LogP contribution in [0.5, 0.6) is 0 Å². The zero-order valence-corrected chi connectivity index (χ0v) is 14.5. The molecule has 0 bridgehead atoms. The summed E-state index contributed by atoms with van der Waals surface area (Å²) in [6.45, 7) is 0.609. The van der Waals surface area contributed by atoms with Gasteiger partial charge in [0.05, 0.1) is 18.8 Å². The first-order chi connectivity index (χ1) is 10.5.